The fourth-order valence-corrected chi connectivity index (χ4v) is 2.45. The Morgan fingerprint density at radius 3 is 2.53 bits per heavy atom. The molecule has 1 aromatic carbocycles. The average Bonchev–Trinajstić information content (AvgIpc) is 2.66. The van der Waals surface area contributed by atoms with Crippen molar-refractivity contribution in [1.82, 2.24) is 16.2 Å². The highest BCUT2D eigenvalue weighted by atomic mass is 35.5. The van der Waals surface area contributed by atoms with Crippen LogP contribution in [0, 0.1) is 5.82 Å². The third-order valence-electron chi connectivity index (χ3n) is 3.09. The van der Waals surface area contributed by atoms with Gasteiger partial charge in [0.05, 0.1) is 11.1 Å². The lowest BCUT2D eigenvalue weighted by Gasteiger charge is -2.22. The first kappa shape index (κ1) is 14.5. The first-order valence-corrected chi connectivity index (χ1v) is 6.79. The Balaban J connectivity index is 1.95. The van der Waals surface area contributed by atoms with E-state index in [9.17, 15) is 4.39 Å². The molecule has 2 rings (SSSR count). The monoisotopic (exact) mass is 302 g/mol. The van der Waals surface area contributed by atoms with Gasteiger partial charge in [0.25, 0.3) is 0 Å². The van der Waals surface area contributed by atoms with Gasteiger partial charge in [-0.2, -0.15) is 0 Å². The molecule has 2 unspecified atom stereocenters. The smallest absolute Gasteiger partial charge is 0.171 e. The van der Waals surface area contributed by atoms with Gasteiger partial charge in [-0.25, -0.2) is 4.39 Å². The molecule has 0 saturated carbocycles. The van der Waals surface area contributed by atoms with E-state index < -0.39 is 5.82 Å². The first-order valence-electron chi connectivity index (χ1n) is 6.01. The minimum absolute atomic E-state index is 0.0683. The topological polar surface area (TPSA) is 48.1 Å². The number of hydrazine groups is 1. The molecule has 1 aliphatic heterocycles. The molecular weight excluding hydrogens is 287 g/mol. The fourth-order valence-electron chi connectivity index (χ4n) is 2.02. The maximum Gasteiger partial charge on any atom is 0.171 e. The normalized spacial score (nSPS) is 26.2. The van der Waals surface area contributed by atoms with Crippen LogP contribution in [0.15, 0.2) is 18.2 Å². The van der Waals surface area contributed by atoms with Crippen LogP contribution in [0.1, 0.15) is 13.8 Å². The quantitative estimate of drug-likeness (QED) is 0.630. The molecule has 19 heavy (non-hydrogen) atoms. The van der Waals surface area contributed by atoms with Crippen molar-refractivity contribution in [2.75, 3.05) is 5.32 Å². The van der Waals surface area contributed by atoms with Crippen LogP contribution in [0.2, 0.25) is 5.02 Å². The lowest BCUT2D eigenvalue weighted by molar-refractivity contribution is 0.519. The van der Waals surface area contributed by atoms with Crippen molar-refractivity contribution >= 4 is 34.6 Å². The van der Waals surface area contributed by atoms with Gasteiger partial charge in [0.15, 0.2) is 5.11 Å². The second-order valence-corrected chi connectivity index (χ2v) is 5.43. The Hall–Kier alpha value is -0.950. The van der Waals surface area contributed by atoms with Gasteiger partial charge in [-0.3, -0.25) is 10.9 Å². The number of hydrogen-bond donors (Lipinski definition) is 4. The minimum Gasteiger partial charge on any atom is -0.356 e. The molecular formula is C12H16ClFN4S. The van der Waals surface area contributed by atoms with Crippen molar-refractivity contribution in [1.29, 1.82) is 0 Å². The number of benzene rings is 1. The lowest BCUT2D eigenvalue weighted by Crippen LogP contribution is -2.47. The predicted octanol–water partition coefficient (Wildman–Crippen LogP) is 2.02. The highest BCUT2D eigenvalue weighted by Crippen LogP contribution is 2.19. The summed E-state index contributed by atoms with van der Waals surface area (Å²) in [5, 5.41) is 6.76. The summed E-state index contributed by atoms with van der Waals surface area (Å²) < 4.78 is 13.0. The predicted molar refractivity (Wildman–Crippen MR) is 79.7 cm³/mol. The summed E-state index contributed by atoms with van der Waals surface area (Å²) in [6.07, 6.45) is 0. The van der Waals surface area contributed by atoms with E-state index in [4.69, 9.17) is 23.8 Å². The van der Waals surface area contributed by atoms with Crippen LogP contribution < -0.4 is 21.5 Å². The molecule has 0 amide bonds. The zero-order valence-electron chi connectivity index (χ0n) is 10.6. The first-order chi connectivity index (χ1) is 8.97. The summed E-state index contributed by atoms with van der Waals surface area (Å²) in [5.74, 6) is -0.447. The lowest BCUT2D eigenvalue weighted by atomic mass is 10.1. The van der Waals surface area contributed by atoms with E-state index in [1.165, 1.54) is 12.1 Å². The van der Waals surface area contributed by atoms with Gasteiger partial charge in [0, 0.05) is 17.8 Å². The summed E-state index contributed by atoms with van der Waals surface area (Å²) in [6.45, 7) is 4.12. The Morgan fingerprint density at radius 1 is 1.32 bits per heavy atom. The molecule has 4 nitrogen and oxygen atoms in total. The van der Waals surface area contributed by atoms with E-state index in [-0.39, 0.29) is 23.1 Å². The number of thiocarbonyl (C=S) groups is 1. The molecule has 0 aliphatic carbocycles. The van der Waals surface area contributed by atoms with Crippen LogP contribution in [-0.2, 0) is 0 Å². The van der Waals surface area contributed by atoms with Gasteiger partial charge < -0.3 is 10.6 Å². The molecule has 0 aromatic heterocycles. The van der Waals surface area contributed by atoms with Crippen molar-refractivity contribution in [3.8, 4) is 0 Å². The maximum atomic E-state index is 13.0. The SMILES string of the molecule is CC1NNC(C)C1NC(=S)Nc1ccc(F)c(Cl)c1. The van der Waals surface area contributed by atoms with E-state index in [1.54, 1.807) is 6.07 Å². The van der Waals surface area contributed by atoms with Gasteiger partial charge in [-0.15, -0.1) is 0 Å². The number of rotatable bonds is 2. The van der Waals surface area contributed by atoms with Gasteiger partial charge >= 0.3 is 0 Å². The van der Waals surface area contributed by atoms with Gasteiger partial charge in [-0.1, -0.05) is 11.6 Å². The van der Waals surface area contributed by atoms with Crippen molar-refractivity contribution in [2.45, 2.75) is 32.0 Å². The molecule has 2 atom stereocenters. The van der Waals surface area contributed by atoms with Crippen LogP contribution in [0.3, 0.4) is 0 Å². The van der Waals surface area contributed by atoms with Crippen molar-refractivity contribution in [3.05, 3.63) is 29.0 Å². The number of anilines is 1. The van der Waals surface area contributed by atoms with E-state index >= 15 is 0 Å². The molecule has 1 saturated heterocycles. The number of hydrogen-bond acceptors (Lipinski definition) is 3. The average molecular weight is 303 g/mol. The zero-order chi connectivity index (χ0) is 14.0. The van der Waals surface area contributed by atoms with Crippen LogP contribution in [0.25, 0.3) is 0 Å². The molecule has 1 fully saturated rings. The molecule has 4 N–H and O–H groups in total. The third kappa shape index (κ3) is 3.54. The summed E-state index contributed by atoms with van der Waals surface area (Å²) in [7, 11) is 0. The molecule has 7 heteroatoms. The Bertz CT molecular complexity index is 475. The van der Waals surface area contributed by atoms with E-state index in [0.717, 1.165) is 0 Å². The minimum atomic E-state index is -0.447. The second-order valence-electron chi connectivity index (χ2n) is 4.62. The number of nitrogens with one attached hydrogen (secondary N) is 4. The van der Waals surface area contributed by atoms with Crippen molar-refractivity contribution in [2.24, 2.45) is 0 Å². The summed E-state index contributed by atoms with van der Waals surface area (Å²) in [4.78, 5) is 0. The van der Waals surface area contributed by atoms with E-state index in [0.29, 0.717) is 10.8 Å². The molecule has 0 spiro atoms. The Kier molecular flexibility index (Phi) is 4.57. The maximum absolute atomic E-state index is 13.0. The van der Waals surface area contributed by atoms with Crippen LogP contribution in [0.4, 0.5) is 10.1 Å². The molecule has 1 aromatic rings. The number of halogens is 2. The highest BCUT2D eigenvalue weighted by Gasteiger charge is 2.30. The van der Waals surface area contributed by atoms with Crippen LogP contribution in [0.5, 0.6) is 0 Å². The van der Waals surface area contributed by atoms with E-state index in [2.05, 4.69) is 35.3 Å². The standard InChI is InChI=1S/C12H16ClFN4S/c1-6-11(7(2)18-17-6)16-12(19)15-8-3-4-10(14)9(13)5-8/h3-7,11,17-18H,1-2H3,(H2,15,16,19). The fraction of sp³-hybridized carbons (Fsp3) is 0.417. The van der Waals surface area contributed by atoms with Crippen molar-refractivity contribution in [3.63, 3.8) is 0 Å². The highest BCUT2D eigenvalue weighted by molar-refractivity contribution is 7.80. The van der Waals surface area contributed by atoms with Crippen LogP contribution in [-0.4, -0.2) is 23.2 Å². The summed E-state index contributed by atoms with van der Waals surface area (Å²) >= 11 is 11.0. The molecule has 0 bridgehead atoms. The van der Waals surface area contributed by atoms with Gasteiger partial charge in [-0.05, 0) is 44.3 Å². The Labute approximate surface area is 122 Å². The zero-order valence-corrected chi connectivity index (χ0v) is 12.2. The molecule has 1 heterocycles. The third-order valence-corrected chi connectivity index (χ3v) is 3.60. The molecule has 1 aliphatic rings. The summed E-state index contributed by atoms with van der Waals surface area (Å²) in [5.41, 5.74) is 6.92. The summed E-state index contributed by atoms with van der Waals surface area (Å²) in [6, 6.07) is 5.09. The van der Waals surface area contributed by atoms with Crippen molar-refractivity contribution < 1.29 is 4.39 Å². The molecule has 0 radical (unpaired) electrons. The second kappa shape index (κ2) is 6.00. The van der Waals surface area contributed by atoms with Crippen LogP contribution >= 0.6 is 23.8 Å². The largest absolute Gasteiger partial charge is 0.356 e. The van der Waals surface area contributed by atoms with Gasteiger partial charge in [0.1, 0.15) is 5.82 Å². The van der Waals surface area contributed by atoms with Gasteiger partial charge in [0.2, 0.25) is 0 Å². The Morgan fingerprint density at radius 2 is 1.95 bits per heavy atom. The van der Waals surface area contributed by atoms with E-state index in [1.807, 2.05) is 0 Å². The molecule has 104 valence electrons.